The second kappa shape index (κ2) is 11.2. The fourth-order valence-corrected chi connectivity index (χ4v) is 6.08. The van der Waals surface area contributed by atoms with Gasteiger partial charge in [0.15, 0.2) is 0 Å². The molecule has 2 aliphatic rings. The average Bonchev–Trinajstić information content (AvgIpc) is 2.86. The predicted molar refractivity (Wildman–Crippen MR) is 134 cm³/mol. The summed E-state index contributed by atoms with van der Waals surface area (Å²) in [5.74, 6) is 0.750. The first-order chi connectivity index (χ1) is 16.4. The van der Waals surface area contributed by atoms with Crippen LogP contribution in [-0.4, -0.2) is 52.8 Å². The summed E-state index contributed by atoms with van der Waals surface area (Å²) in [7, 11) is 1.59. The van der Waals surface area contributed by atoms with E-state index in [4.69, 9.17) is 16.3 Å². The van der Waals surface area contributed by atoms with Crippen LogP contribution in [0.4, 0.5) is 0 Å². The minimum atomic E-state index is -0.870. The third kappa shape index (κ3) is 5.67. The van der Waals surface area contributed by atoms with E-state index in [-0.39, 0.29) is 0 Å². The standard InChI is InChI=1S/C27H37ClN2O4/c1-34-20-7-8-23-21(17-20)25(22(28)18-29-23)24(31)9-11-27(26(32)33)12-15-30(16-13-27)14-10-19-5-3-2-4-6-19/h7-8,17-19,24,31H,2-6,9-16H2,1H3,(H,32,33)/t24-/m0/s1. The molecule has 1 aliphatic carbocycles. The lowest BCUT2D eigenvalue weighted by atomic mass is 9.74. The third-order valence-corrected chi connectivity index (χ3v) is 8.44. The van der Waals surface area contributed by atoms with Crippen molar-refractivity contribution in [3.05, 3.63) is 35.0 Å². The van der Waals surface area contributed by atoms with Crippen LogP contribution in [-0.2, 0) is 4.79 Å². The molecule has 0 amide bonds. The maximum atomic E-state index is 12.3. The van der Waals surface area contributed by atoms with Crippen LogP contribution in [0.25, 0.3) is 10.9 Å². The minimum Gasteiger partial charge on any atom is -0.497 e. The van der Waals surface area contributed by atoms with Crippen molar-refractivity contribution in [3.8, 4) is 5.75 Å². The number of benzene rings is 1. The van der Waals surface area contributed by atoms with E-state index in [0.29, 0.717) is 42.0 Å². The number of methoxy groups -OCH3 is 1. The van der Waals surface area contributed by atoms with E-state index >= 15 is 0 Å². The summed E-state index contributed by atoms with van der Waals surface area (Å²) in [6, 6.07) is 5.48. The van der Waals surface area contributed by atoms with Crippen LogP contribution >= 0.6 is 11.6 Å². The number of aliphatic carboxylic acids is 1. The minimum absolute atomic E-state index is 0.338. The first-order valence-corrected chi connectivity index (χ1v) is 13.1. The largest absolute Gasteiger partial charge is 0.497 e. The lowest BCUT2D eigenvalue weighted by Crippen LogP contribution is -2.45. The van der Waals surface area contributed by atoms with E-state index < -0.39 is 17.5 Å². The van der Waals surface area contributed by atoms with Crippen molar-refractivity contribution < 1.29 is 19.7 Å². The zero-order valence-corrected chi connectivity index (χ0v) is 20.9. The zero-order valence-electron chi connectivity index (χ0n) is 20.1. The van der Waals surface area contributed by atoms with Gasteiger partial charge in [0.25, 0.3) is 0 Å². The molecule has 7 heteroatoms. The zero-order chi connectivity index (χ0) is 24.1. The van der Waals surface area contributed by atoms with Crippen molar-refractivity contribution in [2.75, 3.05) is 26.7 Å². The number of aliphatic hydroxyl groups excluding tert-OH is 1. The number of halogens is 1. The quantitative estimate of drug-likeness (QED) is 0.460. The van der Waals surface area contributed by atoms with Gasteiger partial charge in [-0.3, -0.25) is 9.78 Å². The summed E-state index contributed by atoms with van der Waals surface area (Å²) in [5, 5.41) is 22.4. The molecule has 2 N–H and O–H groups in total. The number of likely N-dealkylation sites (tertiary alicyclic amines) is 1. The number of fused-ring (bicyclic) bond motifs is 1. The summed E-state index contributed by atoms with van der Waals surface area (Å²) < 4.78 is 5.33. The Labute approximate surface area is 207 Å². The van der Waals surface area contributed by atoms with Gasteiger partial charge in [-0.25, -0.2) is 0 Å². The maximum absolute atomic E-state index is 12.3. The van der Waals surface area contributed by atoms with Gasteiger partial charge in [-0.15, -0.1) is 0 Å². The molecule has 1 aliphatic heterocycles. The SMILES string of the molecule is COc1ccc2ncc(Cl)c([C@@H](O)CCC3(C(=O)O)CCN(CCC4CCCCC4)CC3)c2c1. The van der Waals surface area contributed by atoms with Crippen molar-refractivity contribution in [1.82, 2.24) is 9.88 Å². The highest BCUT2D eigenvalue weighted by molar-refractivity contribution is 6.32. The number of piperidine rings is 1. The van der Waals surface area contributed by atoms with Crippen molar-refractivity contribution in [3.63, 3.8) is 0 Å². The van der Waals surface area contributed by atoms with Crippen LogP contribution in [0.3, 0.4) is 0 Å². The summed E-state index contributed by atoms with van der Waals surface area (Å²) in [5.41, 5.74) is 0.518. The van der Waals surface area contributed by atoms with Crippen molar-refractivity contribution in [2.45, 2.75) is 70.3 Å². The molecule has 186 valence electrons. The molecular weight excluding hydrogens is 452 g/mol. The Bertz CT molecular complexity index is 984. The third-order valence-electron chi connectivity index (χ3n) is 8.14. The lowest BCUT2D eigenvalue weighted by Gasteiger charge is -2.40. The monoisotopic (exact) mass is 488 g/mol. The van der Waals surface area contributed by atoms with Gasteiger partial charge in [0, 0.05) is 17.1 Å². The van der Waals surface area contributed by atoms with Crippen molar-refractivity contribution in [1.29, 1.82) is 0 Å². The molecule has 6 nitrogen and oxygen atoms in total. The molecule has 1 aromatic heterocycles. The lowest BCUT2D eigenvalue weighted by molar-refractivity contribution is -0.153. The van der Waals surface area contributed by atoms with Crippen LogP contribution in [0.5, 0.6) is 5.75 Å². The molecule has 4 rings (SSSR count). The Hall–Kier alpha value is -1.89. The second-order valence-electron chi connectivity index (χ2n) is 10.2. The van der Waals surface area contributed by atoms with Gasteiger partial charge >= 0.3 is 5.97 Å². The van der Waals surface area contributed by atoms with Crippen LogP contribution in [0.1, 0.15) is 75.9 Å². The fraction of sp³-hybridized carbons (Fsp3) is 0.630. The van der Waals surface area contributed by atoms with Crippen LogP contribution in [0, 0.1) is 11.3 Å². The average molecular weight is 489 g/mol. The van der Waals surface area contributed by atoms with E-state index in [1.54, 1.807) is 13.3 Å². The van der Waals surface area contributed by atoms with Gasteiger partial charge in [-0.1, -0.05) is 43.7 Å². The number of carboxylic acids is 1. The molecule has 0 radical (unpaired) electrons. The first-order valence-electron chi connectivity index (χ1n) is 12.7. The Balaban J connectivity index is 1.39. The van der Waals surface area contributed by atoms with Gasteiger partial charge < -0.3 is 19.8 Å². The highest BCUT2D eigenvalue weighted by Gasteiger charge is 2.41. The maximum Gasteiger partial charge on any atom is 0.309 e. The summed E-state index contributed by atoms with van der Waals surface area (Å²) in [6.45, 7) is 2.69. The number of aliphatic hydroxyl groups is 1. The number of hydrogen-bond acceptors (Lipinski definition) is 5. The number of aromatic nitrogens is 1. The Morgan fingerprint density at radius 1 is 1.26 bits per heavy atom. The van der Waals surface area contributed by atoms with E-state index in [2.05, 4.69) is 9.88 Å². The Kier molecular flexibility index (Phi) is 8.33. The summed E-state index contributed by atoms with van der Waals surface area (Å²) in [6.07, 6.45) is 10.7. The molecule has 1 saturated heterocycles. The fourth-order valence-electron chi connectivity index (χ4n) is 5.81. The van der Waals surface area contributed by atoms with E-state index in [0.717, 1.165) is 36.5 Å². The molecule has 0 bridgehead atoms. The van der Waals surface area contributed by atoms with Gasteiger partial charge in [-0.05, 0) is 75.9 Å². The van der Waals surface area contributed by atoms with Crippen molar-refractivity contribution >= 4 is 28.5 Å². The highest BCUT2D eigenvalue weighted by Crippen LogP contribution is 2.41. The van der Waals surface area contributed by atoms with Gasteiger partial charge in [-0.2, -0.15) is 0 Å². The van der Waals surface area contributed by atoms with E-state index in [1.807, 2.05) is 18.2 Å². The molecule has 0 spiro atoms. The van der Waals surface area contributed by atoms with E-state index in [1.165, 1.54) is 38.5 Å². The molecule has 1 atom stereocenters. The smallest absolute Gasteiger partial charge is 0.309 e. The van der Waals surface area contributed by atoms with Crippen LogP contribution < -0.4 is 4.74 Å². The number of ether oxygens (including phenoxy) is 1. The topological polar surface area (TPSA) is 82.9 Å². The second-order valence-corrected chi connectivity index (χ2v) is 10.6. The molecule has 1 aromatic carbocycles. The van der Waals surface area contributed by atoms with Gasteiger partial charge in [0.2, 0.25) is 0 Å². The van der Waals surface area contributed by atoms with Gasteiger partial charge in [0.05, 0.1) is 29.2 Å². The molecule has 2 aromatic rings. The first kappa shape index (κ1) is 25.2. The molecule has 2 fully saturated rings. The molecule has 1 saturated carbocycles. The molecular formula is C27H37ClN2O4. The summed E-state index contributed by atoms with van der Waals surface area (Å²) in [4.78, 5) is 19.1. The number of nitrogens with zero attached hydrogens (tertiary/aromatic N) is 2. The highest BCUT2D eigenvalue weighted by atomic mass is 35.5. The number of pyridine rings is 1. The Morgan fingerprint density at radius 2 is 2.00 bits per heavy atom. The normalized spacial score (nSPS) is 20.3. The van der Waals surface area contributed by atoms with Crippen molar-refractivity contribution in [2.24, 2.45) is 11.3 Å². The number of carboxylic acid groups (broad SMARTS) is 1. The molecule has 0 unspecified atom stereocenters. The number of carbonyl (C=O) groups is 1. The van der Waals surface area contributed by atoms with Gasteiger partial charge in [0.1, 0.15) is 5.75 Å². The molecule has 2 heterocycles. The van der Waals surface area contributed by atoms with Crippen LogP contribution in [0.2, 0.25) is 5.02 Å². The van der Waals surface area contributed by atoms with E-state index in [9.17, 15) is 15.0 Å². The Morgan fingerprint density at radius 3 is 2.68 bits per heavy atom. The van der Waals surface area contributed by atoms with Crippen LogP contribution in [0.15, 0.2) is 24.4 Å². The number of rotatable bonds is 9. The predicted octanol–water partition coefficient (Wildman–Crippen LogP) is 5.85. The summed E-state index contributed by atoms with van der Waals surface area (Å²) >= 11 is 6.44. The number of hydrogen-bond donors (Lipinski definition) is 2. The molecule has 34 heavy (non-hydrogen) atoms.